The van der Waals surface area contributed by atoms with E-state index in [0.29, 0.717) is 17.0 Å². The van der Waals surface area contributed by atoms with Crippen LogP contribution in [0.2, 0.25) is 0 Å². The van der Waals surface area contributed by atoms with Crippen LogP contribution in [0.15, 0.2) is 54.6 Å². The van der Waals surface area contributed by atoms with Gasteiger partial charge in [-0.1, -0.05) is 36.4 Å². The van der Waals surface area contributed by atoms with Crippen LogP contribution in [0, 0.1) is 0 Å². The number of benzene rings is 2. The van der Waals surface area contributed by atoms with E-state index < -0.39 is 18.0 Å². The Morgan fingerprint density at radius 2 is 1.79 bits per heavy atom. The quantitative estimate of drug-likeness (QED) is 0.790. The van der Waals surface area contributed by atoms with Crippen molar-refractivity contribution in [1.29, 1.82) is 0 Å². The molecule has 0 heterocycles. The molecule has 2 rings (SSSR count). The molecule has 2 aromatic rings. The van der Waals surface area contributed by atoms with Crippen LogP contribution in [-0.4, -0.2) is 32.7 Å². The largest absolute Gasteiger partial charge is 0.497 e. The summed E-state index contributed by atoms with van der Waals surface area (Å²) in [5.74, 6) is -0.466. The van der Waals surface area contributed by atoms with Crippen LogP contribution in [-0.2, 0) is 19.1 Å². The third-order valence-corrected chi connectivity index (χ3v) is 3.19. The van der Waals surface area contributed by atoms with E-state index >= 15 is 0 Å². The Morgan fingerprint density at radius 1 is 1.04 bits per heavy atom. The number of amides is 1. The molecule has 0 aliphatic carbocycles. The van der Waals surface area contributed by atoms with Gasteiger partial charge in [-0.05, 0) is 12.1 Å². The van der Waals surface area contributed by atoms with Gasteiger partial charge >= 0.3 is 5.97 Å². The normalized spacial score (nSPS) is 11.4. The van der Waals surface area contributed by atoms with E-state index in [9.17, 15) is 9.59 Å². The molecule has 24 heavy (non-hydrogen) atoms. The molecular weight excluding hydrogens is 310 g/mol. The highest BCUT2D eigenvalue weighted by Crippen LogP contribution is 2.22. The Labute approximate surface area is 140 Å². The molecule has 6 heteroatoms. The fourth-order valence-corrected chi connectivity index (χ4v) is 2.09. The molecule has 126 valence electrons. The number of anilines is 1. The summed E-state index contributed by atoms with van der Waals surface area (Å²) >= 11 is 0. The van der Waals surface area contributed by atoms with Crippen molar-refractivity contribution in [1.82, 2.24) is 0 Å². The Morgan fingerprint density at radius 3 is 2.46 bits per heavy atom. The second-order valence-electron chi connectivity index (χ2n) is 4.93. The predicted octanol–water partition coefficient (Wildman–Crippen LogP) is 2.56. The van der Waals surface area contributed by atoms with E-state index in [0.717, 1.165) is 0 Å². The van der Waals surface area contributed by atoms with Gasteiger partial charge in [0.25, 0.3) is 5.91 Å². The lowest BCUT2D eigenvalue weighted by molar-refractivity contribution is -0.158. The van der Waals surface area contributed by atoms with Gasteiger partial charge in [0.2, 0.25) is 6.10 Å². The summed E-state index contributed by atoms with van der Waals surface area (Å²) < 4.78 is 15.1. The smallest absolute Gasteiger partial charge is 0.333 e. The Bertz CT molecular complexity index is 687. The number of hydrogen-bond acceptors (Lipinski definition) is 5. The van der Waals surface area contributed by atoms with E-state index in [1.807, 2.05) is 6.07 Å². The summed E-state index contributed by atoms with van der Waals surface area (Å²) in [4.78, 5) is 24.3. The molecule has 1 amide bonds. The molecular formula is C18H19NO5. The fourth-order valence-electron chi connectivity index (χ4n) is 2.09. The van der Waals surface area contributed by atoms with Gasteiger partial charge in [-0.25, -0.2) is 4.79 Å². The first-order chi connectivity index (χ1) is 11.6. The van der Waals surface area contributed by atoms with E-state index in [4.69, 9.17) is 14.2 Å². The maximum atomic E-state index is 12.6. The van der Waals surface area contributed by atoms with Crippen molar-refractivity contribution >= 4 is 17.6 Å². The van der Waals surface area contributed by atoms with E-state index in [2.05, 4.69) is 5.32 Å². The molecule has 0 aliphatic rings. The average Bonchev–Trinajstić information content (AvgIpc) is 2.60. The number of hydrogen-bond donors (Lipinski definition) is 1. The first-order valence-electron chi connectivity index (χ1n) is 7.32. The molecule has 0 saturated carbocycles. The molecule has 0 aliphatic heterocycles. The van der Waals surface area contributed by atoms with Crippen molar-refractivity contribution in [2.45, 2.75) is 6.10 Å². The number of methoxy groups -OCH3 is 2. The van der Waals surface area contributed by atoms with Crippen LogP contribution < -0.4 is 10.1 Å². The van der Waals surface area contributed by atoms with Gasteiger partial charge in [-0.15, -0.1) is 0 Å². The van der Waals surface area contributed by atoms with Crippen LogP contribution in [0.5, 0.6) is 5.75 Å². The zero-order valence-corrected chi connectivity index (χ0v) is 13.5. The topological polar surface area (TPSA) is 73.9 Å². The van der Waals surface area contributed by atoms with Gasteiger partial charge in [0.15, 0.2) is 0 Å². The zero-order chi connectivity index (χ0) is 17.4. The molecule has 1 atom stereocenters. The van der Waals surface area contributed by atoms with E-state index in [-0.39, 0.29) is 6.61 Å². The van der Waals surface area contributed by atoms with Crippen molar-refractivity contribution in [2.75, 3.05) is 26.1 Å². The lowest BCUT2D eigenvalue weighted by Crippen LogP contribution is -2.27. The zero-order valence-electron chi connectivity index (χ0n) is 13.5. The molecule has 6 nitrogen and oxygen atoms in total. The minimum Gasteiger partial charge on any atom is -0.497 e. The Kier molecular flexibility index (Phi) is 6.33. The molecule has 0 radical (unpaired) electrons. The number of nitrogens with one attached hydrogen (secondary N) is 1. The fraction of sp³-hybridized carbons (Fsp3) is 0.222. The molecule has 0 spiro atoms. The number of carbonyl (C=O) groups excluding carboxylic acids is 2. The molecule has 0 bridgehead atoms. The summed E-state index contributed by atoms with van der Waals surface area (Å²) in [5, 5.41) is 2.73. The lowest BCUT2D eigenvalue weighted by atomic mass is 10.1. The van der Waals surface area contributed by atoms with E-state index in [1.165, 1.54) is 7.11 Å². The highest BCUT2D eigenvalue weighted by atomic mass is 16.6. The van der Waals surface area contributed by atoms with Crippen molar-refractivity contribution in [2.24, 2.45) is 0 Å². The number of rotatable bonds is 7. The van der Waals surface area contributed by atoms with E-state index in [1.54, 1.807) is 55.6 Å². The molecule has 0 fully saturated rings. The summed E-state index contributed by atoms with van der Waals surface area (Å²) in [6.45, 7) is -0.226. The summed E-state index contributed by atoms with van der Waals surface area (Å²) in [7, 11) is 2.93. The maximum absolute atomic E-state index is 12.6. The molecule has 1 N–H and O–H groups in total. The summed E-state index contributed by atoms with van der Waals surface area (Å²) in [6, 6.07) is 15.7. The van der Waals surface area contributed by atoms with Crippen molar-refractivity contribution < 1.29 is 23.8 Å². The standard InChI is InChI=1S/C18H19NO5/c1-22-12-16(20)24-17(13-7-4-3-5-8-13)18(21)19-14-9-6-10-15(11-14)23-2/h3-11,17H,12H2,1-2H3,(H,19,21)/t17-/m0/s1. The Balaban J connectivity index is 2.18. The highest BCUT2D eigenvalue weighted by Gasteiger charge is 2.25. The third kappa shape index (κ3) is 4.82. The maximum Gasteiger partial charge on any atom is 0.333 e. The number of ether oxygens (including phenoxy) is 3. The van der Waals surface area contributed by atoms with Gasteiger partial charge < -0.3 is 19.5 Å². The molecule has 2 aromatic carbocycles. The Hall–Kier alpha value is -2.86. The van der Waals surface area contributed by atoms with Crippen molar-refractivity contribution in [3.63, 3.8) is 0 Å². The van der Waals surface area contributed by atoms with Crippen LogP contribution >= 0.6 is 0 Å². The summed E-state index contributed by atoms with van der Waals surface area (Å²) in [5.41, 5.74) is 1.12. The summed E-state index contributed by atoms with van der Waals surface area (Å²) in [6.07, 6.45) is -1.07. The average molecular weight is 329 g/mol. The second-order valence-corrected chi connectivity index (χ2v) is 4.93. The molecule has 0 aromatic heterocycles. The highest BCUT2D eigenvalue weighted by molar-refractivity contribution is 5.96. The monoisotopic (exact) mass is 329 g/mol. The van der Waals surface area contributed by atoms with Crippen molar-refractivity contribution in [3.05, 3.63) is 60.2 Å². The van der Waals surface area contributed by atoms with Gasteiger partial charge in [0.1, 0.15) is 12.4 Å². The molecule has 0 unspecified atom stereocenters. The van der Waals surface area contributed by atoms with Gasteiger partial charge in [0, 0.05) is 24.4 Å². The number of esters is 1. The molecule has 0 saturated heterocycles. The first-order valence-corrected chi connectivity index (χ1v) is 7.32. The predicted molar refractivity (Wildman–Crippen MR) is 88.8 cm³/mol. The van der Waals surface area contributed by atoms with Crippen molar-refractivity contribution in [3.8, 4) is 5.75 Å². The minimum absolute atomic E-state index is 0.226. The first kappa shape index (κ1) is 17.5. The van der Waals surface area contributed by atoms with Crippen LogP contribution in [0.1, 0.15) is 11.7 Å². The van der Waals surface area contributed by atoms with Gasteiger partial charge in [-0.3, -0.25) is 4.79 Å². The van der Waals surface area contributed by atoms with Crippen LogP contribution in [0.3, 0.4) is 0 Å². The van der Waals surface area contributed by atoms with Crippen LogP contribution in [0.4, 0.5) is 5.69 Å². The van der Waals surface area contributed by atoms with Gasteiger partial charge in [-0.2, -0.15) is 0 Å². The number of carbonyl (C=O) groups is 2. The third-order valence-electron chi connectivity index (χ3n) is 3.19. The van der Waals surface area contributed by atoms with Gasteiger partial charge in [0.05, 0.1) is 7.11 Å². The SMILES string of the molecule is COCC(=O)O[C@H](C(=O)Nc1cccc(OC)c1)c1ccccc1. The van der Waals surface area contributed by atoms with Crippen LogP contribution in [0.25, 0.3) is 0 Å². The second kappa shape index (κ2) is 8.69. The lowest BCUT2D eigenvalue weighted by Gasteiger charge is -2.18. The minimum atomic E-state index is -1.07.